The average Bonchev–Trinajstić information content (AvgIpc) is 2.56. The lowest BCUT2D eigenvalue weighted by atomic mass is 9.99. The number of hydrogen-bond acceptors (Lipinski definition) is 5. The molecule has 5 heteroatoms. The van der Waals surface area contributed by atoms with Crippen LogP contribution in [0.5, 0.6) is 11.5 Å². The van der Waals surface area contributed by atoms with Crippen molar-refractivity contribution in [2.24, 2.45) is 0 Å². The van der Waals surface area contributed by atoms with Gasteiger partial charge in [0.05, 0.1) is 21.3 Å². The van der Waals surface area contributed by atoms with Crippen LogP contribution in [0.2, 0.25) is 0 Å². The summed E-state index contributed by atoms with van der Waals surface area (Å²) in [5.74, 6) is 1.13. The van der Waals surface area contributed by atoms with Crippen molar-refractivity contribution >= 4 is 11.8 Å². The number of benzene rings is 1. The summed E-state index contributed by atoms with van der Waals surface area (Å²) in [6, 6.07) is 3.57. The van der Waals surface area contributed by atoms with Crippen molar-refractivity contribution in [1.29, 1.82) is 0 Å². The smallest absolute Gasteiger partial charge is 0.305 e. The SMILES string of the molecule is COC(=O)CCCCCCC(=O)c1cc(OC)c(OC)cc1C. The third-order valence-corrected chi connectivity index (χ3v) is 3.79. The van der Waals surface area contributed by atoms with Crippen LogP contribution < -0.4 is 9.47 Å². The largest absolute Gasteiger partial charge is 0.493 e. The molecule has 5 nitrogen and oxygen atoms in total. The number of carbonyl (C=O) groups is 2. The van der Waals surface area contributed by atoms with E-state index < -0.39 is 0 Å². The minimum atomic E-state index is -0.179. The Kier molecular flexibility index (Phi) is 8.16. The molecule has 0 aliphatic rings. The first-order chi connectivity index (χ1) is 11.0. The van der Waals surface area contributed by atoms with Gasteiger partial charge in [-0.15, -0.1) is 0 Å². The number of carbonyl (C=O) groups excluding carboxylic acids is 2. The van der Waals surface area contributed by atoms with E-state index in [9.17, 15) is 9.59 Å². The van der Waals surface area contributed by atoms with Crippen LogP contribution in [0.15, 0.2) is 12.1 Å². The molecule has 0 amide bonds. The van der Waals surface area contributed by atoms with Gasteiger partial charge in [-0.2, -0.15) is 0 Å². The highest BCUT2D eigenvalue weighted by Gasteiger charge is 2.14. The van der Waals surface area contributed by atoms with E-state index in [-0.39, 0.29) is 11.8 Å². The van der Waals surface area contributed by atoms with E-state index in [0.717, 1.165) is 31.2 Å². The van der Waals surface area contributed by atoms with Gasteiger partial charge in [0.25, 0.3) is 0 Å². The predicted octanol–water partition coefficient (Wildman–Crippen LogP) is 3.71. The van der Waals surface area contributed by atoms with Gasteiger partial charge in [0.1, 0.15) is 0 Å². The standard InChI is InChI=1S/C18H26O5/c1-13-11-16(21-2)17(22-3)12-14(13)15(19)9-7-5-6-8-10-18(20)23-4/h11-12H,5-10H2,1-4H3. The molecule has 0 aliphatic carbocycles. The van der Waals surface area contributed by atoms with Gasteiger partial charge in [-0.1, -0.05) is 12.8 Å². The number of unbranched alkanes of at least 4 members (excludes halogenated alkanes) is 3. The lowest BCUT2D eigenvalue weighted by molar-refractivity contribution is -0.140. The van der Waals surface area contributed by atoms with E-state index in [1.165, 1.54) is 7.11 Å². The van der Waals surface area contributed by atoms with Gasteiger partial charge in [-0.3, -0.25) is 9.59 Å². The summed E-state index contributed by atoms with van der Waals surface area (Å²) < 4.78 is 15.1. The van der Waals surface area contributed by atoms with Crippen LogP contribution in [-0.4, -0.2) is 33.1 Å². The Balaban J connectivity index is 2.47. The molecule has 0 fully saturated rings. The van der Waals surface area contributed by atoms with Crippen LogP contribution in [0.4, 0.5) is 0 Å². The molecule has 0 saturated heterocycles. The lowest BCUT2D eigenvalue weighted by Crippen LogP contribution is -2.04. The Hall–Kier alpha value is -2.04. The number of rotatable bonds is 10. The molecule has 0 aliphatic heterocycles. The van der Waals surface area contributed by atoms with E-state index in [1.807, 2.05) is 13.0 Å². The number of aryl methyl sites for hydroxylation is 1. The minimum absolute atomic E-state index is 0.108. The minimum Gasteiger partial charge on any atom is -0.493 e. The van der Waals surface area contributed by atoms with Crippen molar-refractivity contribution < 1.29 is 23.8 Å². The van der Waals surface area contributed by atoms with Crippen LogP contribution in [-0.2, 0) is 9.53 Å². The molecule has 1 aromatic rings. The van der Waals surface area contributed by atoms with Crippen LogP contribution in [0.1, 0.15) is 54.4 Å². The quantitative estimate of drug-likeness (QED) is 0.373. The van der Waals surface area contributed by atoms with Gasteiger partial charge in [-0.05, 0) is 37.5 Å². The average molecular weight is 322 g/mol. The summed E-state index contributed by atoms with van der Waals surface area (Å²) in [4.78, 5) is 23.3. The molecule has 0 radical (unpaired) electrons. The highest BCUT2D eigenvalue weighted by Crippen LogP contribution is 2.31. The summed E-state index contributed by atoms with van der Waals surface area (Å²) in [6.07, 6.45) is 4.40. The summed E-state index contributed by atoms with van der Waals surface area (Å²) in [5, 5.41) is 0. The molecular weight excluding hydrogens is 296 g/mol. The molecule has 0 aromatic heterocycles. The summed E-state index contributed by atoms with van der Waals surface area (Å²) >= 11 is 0. The maximum Gasteiger partial charge on any atom is 0.305 e. The van der Waals surface area contributed by atoms with Crippen LogP contribution in [0.25, 0.3) is 0 Å². The van der Waals surface area contributed by atoms with Crippen molar-refractivity contribution in [2.75, 3.05) is 21.3 Å². The predicted molar refractivity (Wildman–Crippen MR) is 88.3 cm³/mol. The van der Waals surface area contributed by atoms with Crippen molar-refractivity contribution in [1.82, 2.24) is 0 Å². The van der Waals surface area contributed by atoms with E-state index in [1.54, 1.807) is 20.3 Å². The first-order valence-corrected chi connectivity index (χ1v) is 7.86. The second-order valence-corrected chi connectivity index (χ2v) is 5.44. The molecule has 0 spiro atoms. The monoisotopic (exact) mass is 322 g/mol. The van der Waals surface area contributed by atoms with E-state index >= 15 is 0 Å². The molecule has 1 aromatic carbocycles. The Morgan fingerprint density at radius 2 is 1.43 bits per heavy atom. The molecule has 0 atom stereocenters. The molecule has 0 unspecified atom stereocenters. The Morgan fingerprint density at radius 1 is 0.870 bits per heavy atom. The molecule has 1 rings (SSSR count). The molecule has 0 N–H and O–H groups in total. The maximum atomic E-state index is 12.4. The fourth-order valence-corrected chi connectivity index (χ4v) is 2.43. The van der Waals surface area contributed by atoms with E-state index in [0.29, 0.717) is 29.9 Å². The van der Waals surface area contributed by atoms with Gasteiger partial charge in [0.2, 0.25) is 0 Å². The second kappa shape index (κ2) is 9.87. The van der Waals surface area contributed by atoms with Gasteiger partial charge in [0.15, 0.2) is 17.3 Å². The zero-order valence-corrected chi connectivity index (χ0v) is 14.4. The Labute approximate surface area is 137 Å². The van der Waals surface area contributed by atoms with Crippen LogP contribution >= 0.6 is 0 Å². The van der Waals surface area contributed by atoms with Gasteiger partial charge in [-0.25, -0.2) is 0 Å². The van der Waals surface area contributed by atoms with Crippen LogP contribution in [0, 0.1) is 6.92 Å². The van der Waals surface area contributed by atoms with Crippen LogP contribution in [0.3, 0.4) is 0 Å². The first-order valence-electron chi connectivity index (χ1n) is 7.86. The molecule has 128 valence electrons. The molecule has 23 heavy (non-hydrogen) atoms. The van der Waals surface area contributed by atoms with E-state index in [4.69, 9.17) is 9.47 Å². The third-order valence-electron chi connectivity index (χ3n) is 3.79. The van der Waals surface area contributed by atoms with Crippen molar-refractivity contribution in [3.05, 3.63) is 23.3 Å². The third kappa shape index (κ3) is 5.93. The fraction of sp³-hybridized carbons (Fsp3) is 0.556. The fourth-order valence-electron chi connectivity index (χ4n) is 2.43. The van der Waals surface area contributed by atoms with Gasteiger partial charge < -0.3 is 14.2 Å². The number of methoxy groups -OCH3 is 3. The van der Waals surface area contributed by atoms with Gasteiger partial charge >= 0.3 is 5.97 Å². The van der Waals surface area contributed by atoms with E-state index in [2.05, 4.69) is 4.74 Å². The number of ketones is 1. The molecule has 0 bridgehead atoms. The normalized spacial score (nSPS) is 10.3. The first kappa shape index (κ1) is 19.0. The summed E-state index contributed by atoms with van der Waals surface area (Å²) in [7, 11) is 4.53. The number of esters is 1. The zero-order valence-electron chi connectivity index (χ0n) is 14.4. The van der Waals surface area contributed by atoms with Crippen molar-refractivity contribution in [3.8, 4) is 11.5 Å². The Morgan fingerprint density at radius 3 is 2.00 bits per heavy atom. The number of ether oxygens (including phenoxy) is 3. The lowest BCUT2D eigenvalue weighted by Gasteiger charge is -2.12. The van der Waals surface area contributed by atoms with Crippen molar-refractivity contribution in [3.63, 3.8) is 0 Å². The topological polar surface area (TPSA) is 61.8 Å². The second-order valence-electron chi connectivity index (χ2n) is 5.44. The zero-order chi connectivity index (χ0) is 17.2. The Bertz CT molecular complexity index is 536. The summed E-state index contributed by atoms with van der Waals surface area (Å²) in [6.45, 7) is 1.89. The molecule has 0 saturated carbocycles. The highest BCUT2D eigenvalue weighted by atomic mass is 16.5. The number of Topliss-reactive ketones (excluding diaryl/α,β-unsaturated/α-hetero) is 1. The molecular formula is C18H26O5. The molecule has 0 heterocycles. The van der Waals surface area contributed by atoms with Crippen molar-refractivity contribution in [2.45, 2.75) is 45.4 Å². The number of hydrogen-bond donors (Lipinski definition) is 0. The highest BCUT2D eigenvalue weighted by molar-refractivity contribution is 5.98. The summed E-state index contributed by atoms with van der Waals surface area (Å²) in [5.41, 5.74) is 1.57. The van der Waals surface area contributed by atoms with Gasteiger partial charge in [0, 0.05) is 18.4 Å². The maximum absolute atomic E-state index is 12.4.